The van der Waals surface area contributed by atoms with Gasteiger partial charge in [-0.15, -0.1) is 0 Å². The van der Waals surface area contributed by atoms with Gasteiger partial charge in [0, 0.05) is 13.1 Å². The minimum atomic E-state index is -4.61. The zero-order valence-electron chi connectivity index (χ0n) is 22.6. The molecule has 15 heteroatoms. The predicted molar refractivity (Wildman–Crippen MR) is 139 cm³/mol. The van der Waals surface area contributed by atoms with E-state index in [1.807, 2.05) is 0 Å². The number of alkyl halides is 3. The highest BCUT2D eigenvalue weighted by Crippen LogP contribution is 2.29. The van der Waals surface area contributed by atoms with Gasteiger partial charge in [0.1, 0.15) is 19.3 Å². The lowest BCUT2D eigenvalue weighted by molar-refractivity contribution is -0.175. The molecule has 12 nitrogen and oxygen atoms in total. The standard InChI is InChI=1S/C25H41F3N6O6/c26-25(27,28)15-40-14-20(35)17(8-4-10-31-24(29)30)33-22(38)19-9-5-11-34(19)23(39)18(32-13-21(36)37)12-16-6-2-1-3-7-16/h16-19,32H,1-15H2,(H,33,38)(H,36,37)(H4,29,30,31)/t17?,18-,19+/m1/s1. The van der Waals surface area contributed by atoms with Gasteiger partial charge in [-0.05, 0) is 38.0 Å². The molecule has 1 aliphatic carbocycles. The van der Waals surface area contributed by atoms with Crippen LogP contribution in [-0.4, -0.2) is 96.7 Å². The second kappa shape index (κ2) is 16.4. The van der Waals surface area contributed by atoms with E-state index in [2.05, 4.69) is 20.4 Å². The van der Waals surface area contributed by atoms with Gasteiger partial charge in [-0.25, -0.2) is 0 Å². The number of halogens is 3. The van der Waals surface area contributed by atoms with Gasteiger partial charge in [0.2, 0.25) is 11.8 Å². The number of ketones is 1. The number of Topliss-reactive ketones (excluding diaryl/α,β-unsaturated/α-hetero) is 1. The number of carboxylic acid groups (broad SMARTS) is 1. The molecule has 228 valence electrons. The maximum absolute atomic E-state index is 13.5. The lowest BCUT2D eigenvalue weighted by atomic mass is 9.84. The lowest BCUT2D eigenvalue weighted by Crippen LogP contribution is -2.55. The van der Waals surface area contributed by atoms with Crippen LogP contribution in [0.4, 0.5) is 13.2 Å². The van der Waals surface area contributed by atoms with Crippen LogP contribution in [0, 0.1) is 5.92 Å². The first-order valence-electron chi connectivity index (χ1n) is 13.7. The minimum Gasteiger partial charge on any atom is -0.480 e. The molecule has 1 unspecified atom stereocenters. The Morgan fingerprint density at radius 1 is 1.05 bits per heavy atom. The molecule has 2 fully saturated rings. The Balaban J connectivity index is 2.09. The minimum absolute atomic E-state index is 0.0435. The van der Waals surface area contributed by atoms with E-state index in [0.29, 0.717) is 19.3 Å². The Bertz CT molecular complexity index is 893. The number of likely N-dealkylation sites (tertiary alicyclic amines) is 1. The summed E-state index contributed by atoms with van der Waals surface area (Å²) in [6.45, 7) is -2.45. The third kappa shape index (κ3) is 12.1. The van der Waals surface area contributed by atoms with Gasteiger partial charge >= 0.3 is 12.1 Å². The number of carbonyl (C=O) groups is 4. The maximum Gasteiger partial charge on any atom is 0.411 e. The molecule has 2 aliphatic rings. The monoisotopic (exact) mass is 578 g/mol. The van der Waals surface area contributed by atoms with Gasteiger partial charge < -0.3 is 31.5 Å². The molecular formula is C25H41F3N6O6. The summed E-state index contributed by atoms with van der Waals surface area (Å²) in [5.41, 5.74) is 10.6. The highest BCUT2D eigenvalue weighted by Gasteiger charge is 2.39. The number of nitrogens with zero attached hydrogens (tertiary/aromatic N) is 2. The van der Waals surface area contributed by atoms with Gasteiger partial charge in [0.15, 0.2) is 11.7 Å². The second-order valence-corrected chi connectivity index (χ2v) is 10.3. The van der Waals surface area contributed by atoms with Crippen LogP contribution in [0.15, 0.2) is 4.99 Å². The van der Waals surface area contributed by atoms with Gasteiger partial charge in [-0.2, -0.15) is 13.2 Å². The van der Waals surface area contributed by atoms with Crippen molar-refractivity contribution in [2.24, 2.45) is 22.4 Å². The van der Waals surface area contributed by atoms with E-state index < -0.39 is 61.7 Å². The number of carboxylic acids is 1. The molecule has 0 aromatic heterocycles. The number of rotatable bonds is 16. The van der Waals surface area contributed by atoms with E-state index >= 15 is 0 Å². The average molecular weight is 579 g/mol. The second-order valence-electron chi connectivity index (χ2n) is 10.3. The fourth-order valence-corrected chi connectivity index (χ4v) is 5.19. The fourth-order valence-electron chi connectivity index (χ4n) is 5.19. The first-order valence-corrected chi connectivity index (χ1v) is 13.7. The van der Waals surface area contributed by atoms with Gasteiger partial charge in [0.25, 0.3) is 0 Å². The molecule has 1 saturated heterocycles. The summed E-state index contributed by atoms with van der Waals surface area (Å²) in [6, 6.07) is -2.85. The highest BCUT2D eigenvalue weighted by molar-refractivity contribution is 5.94. The summed E-state index contributed by atoms with van der Waals surface area (Å²) >= 11 is 0. The number of hydrogen-bond donors (Lipinski definition) is 5. The summed E-state index contributed by atoms with van der Waals surface area (Å²) in [6.07, 6.45) is 2.10. The molecular weight excluding hydrogens is 537 g/mol. The van der Waals surface area contributed by atoms with E-state index in [1.54, 1.807) is 0 Å². The Morgan fingerprint density at radius 2 is 1.75 bits per heavy atom. The van der Waals surface area contributed by atoms with Crippen LogP contribution in [0.3, 0.4) is 0 Å². The van der Waals surface area contributed by atoms with Crippen molar-refractivity contribution in [3.8, 4) is 0 Å². The quantitative estimate of drug-likeness (QED) is 0.0996. The maximum atomic E-state index is 13.5. The average Bonchev–Trinajstić information content (AvgIpc) is 3.37. The van der Waals surface area contributed by atoms with E-state index in [1.165, 1.54) is 4.90 Å². The van der Waals surface area contributed by atoms with Gasteiger partial charge in [-0.1, -0.05) is 32.1 Å². The van der Waals surface area contributed by atoms with E-state index in [9.17, 15) is 32.3 Å². The van der Waals surface area contributed by atoms with Crippen LogP contribution < -0.4 is 22.1 Å². The van der Waals surface area contributed by atoms with Crippen molar-refractivity contribution in [1.82, 2.24) is 15.5 Å². The summed E-state index contributed by atoms with van der Waals surface area (Å²) in [7, 11) is 0. The molecule has 0 radical (unpaired) electrons. The molecule has 7 N–H and O–H groups in total. The van der Waals surface area contributed by atoms with Crippen molar-refractivity contribution >= 4 is 29.5 Å². The number of guanidine groups is 1. The van der Waals surface area contributed by atoms with Crippen molar-refractivity contribution in [1.29, 1.82) is 0 Å². The zero-order valence-corrected chi connectivity index (χ0v) is 22.6. The Labute approximate surface area is 231 Å². The van der Waals surface area contributed by atoms with Crippen LogP contribution in [0.25, 0.3) is 0 Å². The molecule has 1 aliphatic heterocycles. The Morgan fingerprint density at radius 3 is 2.38 bits per heavy atom. The molecule has 40 heavy (non-hydrogen) atoms. The normalized spacial score (nSPS) is 19.6. The van der Waals surface area contributed by atoms with Crippen molar-refractivity contribution in [2.75, 3.05) is 32.8 Å². The molecule has 2 rings (SSSR count). The molecule has 0 aromatic rings. The molecule has 0 spiro atoms. The number of aliphatic imine (C=N–C) groups is 1. The zero-order chi connectivity index (χ0) is 29.7. The number of amides is 2. The number of ether oxygens (including phenoxy) is 1. The topological polar surface area (TPSA) is 189 Å². The van der Waals surface area contributed by atoms with E-state index in [-0.39, 0.29) is 43.7 Å². The smallest absolute Gasteiger partial charge is 0.411 e. The molecule has 1 heterocycles. The summed E-state index contributed by atoms with van der Waals surface area (Å²) in [5, 5.41) is 14.6. The number of carbonyl (C=O) groups excluding carboxylic acids is 3. The summed E-state index contributed by atoms with van der Waals surface area (Å²) in [5.74, 6) is -2.75. The van der Waals surface area contributed by atoms with Crippen molar-refractivity contribution in [3.05, 3.63) is 0 Å². The van der Waals surface area contributed by atoms with Gasteiger partial charge in [-0.3, -0.25) is 29.5 Å². The van der Waals surface area contributed by atoms with Crippen LogP contribution >= 0.6 is 0 Å². The van der Waals surface area contributed by atoms with Crippen molar-refractivity contribution in [2.45, 2.75) is 88.5 Å². The molecule has 2 amide bonds. The van der Waals surface area contributed by atoms with E-state index in [4.69, 9.17) is 16.6 Å². The Hall–Kier alpha value is -2.94. The van der Waals surface area contributed by atoms with Crippen LogP contribution in [0.2, 0.25) is 0 Å². The molecule has 0 bridgehead atoms. The third-order valence-corrected chi connectivity index (χ3v) is 7.09. The van der Waals surface area contributed by atoms with Crippen LogP contribution in [0.1, 0.15) is 64.2 Å². The fraction of sp³-hybridized carbons (Fsp3) is 0.800. The lowest BCUT2D eigenvalue weighted by Gasteiger charge is -2.32. The van der Waals surface area contributed by atoms with Crippen LogP contribution in [0.5, 0.6) is 0 Å². The van der Waals surface area contributed by atoms with Crippen molar-refractivity contribution in [3.63, 3.8) is 0 Å². The molecule has 3 atom stereocenters. The number of nitrogens with one attached hydrogen (secondary N) is 2. The number of aliphatic carboxylic acids is 1. The van der Waals surface area contributed by atoms with Gasteiger partial charge in [0.05, 0.1) is 18.6 Å². The SMILES string of the molecule is NC(N)=NCCCC(NC(=O)[C@@H]1CCCN1C(=O)[C@@H](CC1CCCCC1)NCC(=O)O)C(=O)COCC(F)(F)F. The van der Waals surface area contributed by atoms with Crippen molar-refractivity contribution < 1.29 is 42.2 Å². The van der Waals surface area contributed by atoms with Crippen LogP contribution in [-0.2, 0) is 23.9 Å². The highest BCUT2D eigenvalue weighted by atomic mass is 19.4. The number of hydrogen-bond acceptors (Lipinski definition) is 7. The molecule has 1 saturated carbocycles. The first-order chi connectivity index (χ1) is 18.9. The molecule has 0 aromatic carbocycles. The Kier molecular flexibility index (Phi) is 13.6. The largest absolute Gasteiger partial charge is 0.480 e. The summed E-state index contributed by atoms with van der Waals surface area (Å²) < 4.78 is 41.9. The van der Waals surface area contributed by atoms with E-state index in [0.717, 1.165) is 32.1 Å². The predicted octanol–water partition coefficient (Wildman–Crippen LogP) is 0.677. The number of nitrogens with two attached hydrogens (primary N) is 2. The first kappa shape index (κ1) is 33.3. The summed E-state index contributed by atoms with van der Waals surface area (Å²) in [4.78, 5) is 55.9. The third-order valence-electron chi connectivity index (χ3n) is 7.09.